The van der Waals surface area contributed by atoms with Crippen LogP contribution in [0.25, 0.3) is 10.7 Å². The van der Waals surface area contributed by atoms with Crippen molar-refractivity contribution in [1.29, 1.82) is 0 Å². The number of amides is 1. The van der Waals surface area contributed by atoms with Gasteiger partial charge in [0.25, 0.3) is 11.5 Å². The van der Waals surface area contributed by atoms with Crippen LogP contribution in [0.2, 0.25) is 0 Å². The molecule has 0 saturated carbocycles. The number of thiophene rings is 1. The SMILES string of the molecule is Cc1cccc(CNC(=O)c2nc(-c3cccs3)[nH]c(=O)c2O)c1. The zero-order valence-corrected chi connectivity index (χ0v) is 13.7. The second-order valence-electron chi connectivity index (χ2n) is 5.26. The number of aromatic nitrogens is 2. The highest BCUT2D eigenvalue weighted by Gasteiger charge is 2.18. The summed E-state index contributed by atoms with van der Waals surface area (Å²) < 4.78 is 0. The number of aromatic hydroxyl groups is 1. The lowest BCUT2D eigenvalue weighted by Crippen LogP contribution is -2.26. The van der Waals surface area contributed by atoms with Crippen LogP contribution in [0.4, 0.5) is 0 Å². The van der Waals surface area contributed by atoms with Crippen LogP contribution in [0, 0.1) is 6.92 Å². The second kappa shape index (κ2) is 6.67. The minimum atomic E-state index is -0.742. The van der Waals surface area contributed by atoms with Gasteiger partial charge in [-0.15, -0.1) is 11.3 Å². The van der Waals surface area contributed by atoms with Gasteiger partial charge in [0.2, 0.25) is 5.75 Å². The highest BCUT2D eigenvalue weighted by molar-refractivity contribution is 7.13. The van der Waals surface area contributed by atoms with Crippen molar-refractivity contribution in [2.45, 2.75) is 13.5 Å². The lowest BCUT2D eigenvalue weighted by atomic mass is 10.1. The van der Waals surface area contributed by atoms with E-state index in [9.17, 15) is 14.7 Å². The van der Waals surface area contributed by atoms with Gasteiger partial charge in [0, 0.05) is 6.54 Å². The van der Waals surface area contributed by atoms with Gasteiger partial charge in [0.05, 0.1) is 4.88 Å². The number of aryl methyl sites for hydroxylation is 1. The molecule has 0 spiro atoms. The number of rotatable bonds is 4. The molecule has 2 heterocycles. The summed E-state index contributed by atoms with van der Waals surface area (Å²) in [5, 5.41) is 14.4. The zero-order chi connectivity index (χ0) is 17.1. The number of hydrogen-bond donors (Lipinski definition) is 3. The topological polar surface area (TPSA) is 95.1 Å². The largest absolute Gasteiger partial charge is 0.501 e. The van der Waals surface area contributed by atoms with Gasteiger partial charge in [-0.25, -0.2) is 4.98 Å². The van der Waals surface area contributed by atoms with Crippen LogP contribution in [0.1, 0.15) is 21.6 Å². The van der Waals surface area contributed by atoms with E-state index in [1.807, 2.05) is 42.6 Å². The maximum Gasteiger partial charge on any atom is 0.294 e. The Balaban J connectivity index is 1.85. The van der Waals surface area contributed by atoms with Crippen LogP contribution in [0.15, 0.2) is 46.6 Å². The first kappa shape index (κ1) is 15.9. The molecule has 3 aromatic rings. The third kappa shape index (κ3) is 3.36. The molecule has 0 aliphatic heterocycles. The molecule has 0 aliphatic rings. The van der Waals surface area contributed by atoms with Crippen molar-refractivity contribution in [3.05, 3.63) is 69.0 Å². The van der Waals surface area contributed by atoms with Crippen LogP contribution < -0.4 is 10.9 Å². The molecule has 0 aliphatic carbocycles. The first-order valence-electron chi connectivity index (χ1n) is 7.25. The Kier molecular flexibility index (Phi) is 4.43. The van der Waals surface area contributed by atoms with Gasteiger partial charge in [-0.2, -0.15) is 0 Å². The number of nitrogens with zero attached hydrogens (tertiary/aromatic N) is 1. The van der Waals surface area contributed by atoms with E-state index in [-0.39, 0.29) is 18.1 Å². The molecule has 122 valence electrons. The van der Waals surface area contributed by atoms with Crippen molar-refractivity contribution in [3.8, 4) is 16.5 Å². The molecule has 0 fully saturated rings. The fraction of sp³-hybridized carbons (Fsp3) is 0.118. The van der Waals surface area contributed by atoms with Gasteiger partial charge >= 0.3 is 0 Å². The summed E-state index contributed by atoms with van der Waals surface area (Å²) in [7, 11) is 0. The Morgan fingerprint density at radius 3 is 2.88 bits per heavy atom. The summed E-state index contributed by atoms with van der Waals surface area (Å²) in [4.78, 5) is 31.4. The third-order valence-corrected chi connectivity index (χ3v) is 4.28. The molecule has 0 radical (unpaired) electrons. The number of carbonyl (C=O) groups is 1. The van der Waals surface area contributed by atoms with E-state index >= 15 is 0 Å². The van der Waals surface area contributed by atoms with Crippen molar-refractivity contribution in [1.82, 2.24) is 15.3 Å². The van der Waals surface area contributed by atoms with E-state index in [4.69, 9.17) is 0 Å². The fourth-order valence-corrected chi connectivity index (χ4v) is 2.91. The summed E-state index contributed by atoms with van der Waals surface area (Å²) in [6.45, 7) is 2.24. The molecule has 1 aromatic carbocycles. The zero-order valence-electron chi connectivity index (χ0n) is 12.9. The Morgan fingerprint density at radius 1 is 1.33 bits per heavy atom. The predicted molar refractivity (Wildman–Crippen MR) is 92.2 cm³/mol. The number of hydrogen-bond acceptors (Lipinski definition) is 5. The summed E-state index contributed by atoms with van der Waals surface area (Å²) in [5.41, 5.74) is 0.980. The predicted octanol–water partition coefficient (Wildman–Crippen LogP) is 2.44. The molecule has 0 unspecified atom stereocenters. The molecule has 7 heteroatoms. The van der Waals surface area contributed by atoms with Gasteiger partial charge < -0.3 is 15.4 Å². The third-order valence-electron chi connectivity index (χ3n) is 3.40. The average molecular weight is 341 g/mol. The second-order valence-corrected chi connectivity index (χ2v) is 6.21. The van der Waals surface area contributed by atoms with Gasteiger partial charge in [0.1, 0.15) is 0 Å². The van der Waals surface area contributed by atoms with E-state index in [1.165, 1.54) is 11.3 Å². The van der Waals surface area contributed by atoms with Crippen LogP contribution in [0.5, 0.6) is 5.75 Å². The van der Waals surface area contributed by atoms with Crippen molar-refractivity contribution in [3.63, 3.8) is 0 Å². The smallest absolute Gasteiger partial charge is 0.294 e. The molecule has 0 atom stereocenters. The molecule has 24 heavy (non-hydrogen) atoms. The summed E-state index contributed by atoms with van der Waals surface area (Å²) in [6.07, 6.45) is 0. The standard InChI is InChI=1S/C17H15N3O3S/c1-10-4-2-5-11(8-10)9-18-16(22)13-14(21)17(23)20-15(19-13)12-6-3-7-24-12/h2-8,21H,9H2,1H3,(H,18,22)(H,19,20,23). The fourth-order valence-electron chi connectivity index (χ4n) is 2.24. The van der Waals surface area contributed by atoms with Crippen LogP contribution in [0.3, 0.4) is 0 Å². The maximum absolute atomic E-state index is 12.3. The normalized spacial score (nSPS) is 10.5. The van der Waals surface area contributed by atoms with Gasteiger partial charge in [0.15, 0.2) is 11.5 Å². The van der Waals surface area contributed by atoms with Crippen molar-refractivity contribution < 1.29 is 9.90 Å². The van der Waals surface area contributed by atoms with E-state index in [2.05, 4.69) is 15.3 Å². The van der Waals surface area contributed by atoms with Crippen molar-refractivity contribution in [2.24, 2.45) is 0 Å². The monoisotopic (exact) mass is 341 g/mol. The summed E-state index contributed by atoms with van der Waals surface area (Å²) >= 11 is 1.38. The number of aromatic amines is 1. The van der Waals surface area contributed by atoms with Crippen molar-refractivity contribution >= 4 is 17.2 Å². The number of carbonyl (C=O) groups excluding carboxylic acids is 1. The van der Waals surface area contributed by atoms with Gasteiger partial charge in [-0.1, -0.05) is 35.9 Å². The first-order valence-corrected chi connectivity index (χ1v) is 8.13. The van der Waals surface area contributed by atoms with E-state index in [0.29, 0.717) is 4.88 Å². The van der Waals surface area contributed by atoms with Gasteiger partial charge in [-0.05, 0) is 23.9 Å². The molecule has 0 bridgehead atoms. The van der Waals surface area contributed by atoms with Crippen LogP contribution >= 0.6 is 11.3 Å². The average Bonchev–Trinajstić information content (AvgIpc) is 3.09. The molecular formula is C17H15N3O3S. The molecular weight excluding hydrogens is 326 g/mol. The number of benzene rings is 1. The quantitative estimate of drug-likeness (QED) is 0.679. The molecule has 3 rings (SSSR count). The van der Waals surface area contributed by atoms with Crippen molar-refractivity contribution in [2.75, 3.05) is 0 Å². The minimum absolute atomic E-state index is 0.258. The molecule has 3 N–H and O–H groups in total. The van der Waals surface area contributed by atoms with E-state index < -0.39 is 17.2 Å². The highest BCUT2D eigenvalue weighted by Crippen LogP contribution is 2.21. The Labute approximate surface area is 141 Å². The summed E-state index contributed by atoms with van der Waals surface area (Å²) in [6, 6.07) is 11.3. The number of H-pyrrole nitrogens is 1. The van der Waals surface area contributed by atoms with E-state index in [1.54, 1.807) is 6.07 Å². The highest BCUT2D eigenvalue weighted by atomic mass is 32.1. The van der Waals surface area contributed by atoms with E-state index in [0.717, 1.165) is 11.1 Å². The molecule has 2 aromatic heterocycles. The number of nitrogens with one attached hydrogen (secondary N) is 2. The van der Waals surface area contributed by atoms with Crippen LogP contribution in [-0.4, -0.2) is 21.0 Å². The Hall–Kier alpha value is -2.93. The van der Waals surface area contributed by atoms with Gasteiger partial charge in [-0.3, -0.25) is 9.59 Å². The first-order chi connectivity index (χ1) is 11.5. The Bertz CT molecular complexity index is 933. The summed E-state index contributed by atoms with van der Waals surface area (Å²) in [5.74, 6) is -1.02. The molecule has 0 saturated heterocycles. The molecule has 6 nitrogen and oxygen atoms in total. The maximum atomic E-state index is 12.3. The lowest BCUT2D eigenvalue weighted by Gasteiger charge is -2.08. The lowest BCUT2D eigenvalue weighted by molar-refractivity contribution is 0.0942. The Morgan fingerprint density at radius 2 is 2.17 bits per heavy atom. The minimum Gasteiger partial charge on any atom is -0.501 e. The van der Waals surface area contributed by atoms with Crippen LogP contribution in [-0.2, 0) is 6.54 Å². The molecule has 1 amide bonds.